The lowest BCUT2D eigenvalue weighted by molar-refractivity contribution is -0.370. The molecule has 0 unspecified atom stereocenters. The Morgan fingerprint density at radius 3 is 0.915 bits per heavy atom. The van der Waals surface area contributed by atoms with E-state index < -0.39 is 208 Å². The van der Waals surface area contributed by atoms with E-state index in [-0.39, 0.29) is 6.61 Å². The molecule has 0 aromatic heterocycles. The van der Waals surface area contributed by atoms with Crippen molar-refractivity contribution < 1.29 is 152 Å². The van der Waals surface area contributed by atoms with Crippen LogP contribution in [0.5, 0.6) is 0 Å². The van der Waals surface area contributed by atoms with Crippen LogP contribution in [0.25, 0.3) is 0 Å². The van der Waals surface area contributed by atoms with Crippen LogP contribution in [0.3, 0.4) is 0 Å². The summed E-state index contributed by atoms with van der Waals surface area (Å²) in [5, 5.41) is 0. The van der Waals surface area contributed by atoms with Crippen molar-refractivity contribution in [3.8, 4) is 0 Å². The van der Waals surface area contributed by atoms with Gasteiger partial charge in [-0.05, 0) is 0 Å². The molecule has 0 aromatic rings. The highest BCUT2D eigenvalue weighted by Crippen LogP contribution is 2.39. The van der Waals surface area contributed by atoms with Crippen LogP contribution in [-0.4, -0.2) is 214 Å². The molecular formula is C50H68O32. The summed E-state index contributed by atoms with van der Waals surface area (Å²) in [5.41, 5.74) is 0. The van der Waals surface area contributed by atoms with Gasteiger partial charge in [-0.25, -0.2) is 0 Å². The van der Waals surface area contributed by atoms with E-state index in [1.165, 1.54) is 6.08 Å². The number of rotatable bonds is 26. The standard InChI is InChI=1S/C50H68O32/c1-15-16-64-48-46(77-31(13)62)44(41(73-27(9)58)37(79-48)34(69-23(5)54)18-66-21(3)52)82-50-47(78-32(14)63)43(75-29(11)60)40(72-26(8)57)38(81-50)35(70-24(6)55)19-67-49-45(76-30(12)61)42(74-28(10)59)39(71-25(7)56)36(80-49)33(68-22(4)53)17-65-20(2)51/h15,33-50H,1,16-19H2,2-14H3/t33-,34-,35-,36+,37+,38+,39+,40+,41+,42-,43-,44-,45-,46-,47-,48-,49-,50+/m0/s1. The molecule has 18 atom stereocenters. The lowest BCUT2D eigenvalue weighted by Crippen LogP contribution is -2.69. The van der Waals surface area contributed by atoms with Gasteiger partial charge in [-0.2, -0.15) is 0 Å². The minimum Gasteiger partial charge on any atom is -0.462 e. The summed E-state index contributed by atoms with van der Waals surface area (Å²) in [4.78, 5) is 166. The fourth-order valence-corrected chi connectivity index (χ4v) is 8.65. The Morgan fingerprint density at radius 2 is 0.598 bits per heavy atom. The molecule has 3 rings (SSSR count). The molecule has 0 saturated carbocycles. The third-order valence-electron chi connectivity index (χ3n) is 11.1. The van der Waals surface area contributed by atoms with E-state index in [0.29, 0.717) is 0 Å². The van der Waals surface area contributed by atoms with Crippen molar-refractivity contribution in [1.29, 1.82) is 0 Å². The van der Waals surface area contributed by atoms with Crippen LogP contribution >= 0.6 is 0 Å². The predicted molar refractivity (Wildman–Crippen MR) is 257 cm³/mol. The Balaban J connectivity index is 2.45. The highest BCUT2D eigenvalue weighted by molar-refractivity contribution is 5.71. The molecule has 0 N–H and O–H groups in total. The van der Waals surface area contributed by atoms with E-state index in [1.54, 1.807) is 0 Å². The minimum absolute atomic E-state index is 0.366. The summed E-state index contributed by atoms with van der Waals surface area (Å²) in [7, 11) is 0. The summed E-state index contributed by atoms with van der Waals surface area (Å²) in [6, 6.07) is 0. The number of esters is 13. The number of carbonyl (C=O) groups is 13. The topological polar surface area (TPSA) is 397 Å². The Bertz CT molecular complexity index is 2330. The highest BCUT2D eigenvalue weighted by Gasteiger charge is 2.61. The van der Waals surface area contributed by atoms with E-state index in [2.05, 4.69) is 6.58 Å². The molecule has 32 heteroatoms. The van der Waals surface area contributed by atoms with Crippen LogP contribution in [0.1, 0.15) is 90.0 Å². The maximum absolute atomic E-state index is 13.2. The minimum atomic E-state index is -2.30. The van der Waals surface area contributed by atoms with E-state index in [9.17, 15) is 62.3 Å². The molecule has 0 aliphatic carbocycles. The first-order valence-electron chi connectivity index (χ1n) is 25.0. The Hall–Kier alpha value is -7.39. The fraction of sp³-hybridized carbons (Fsp3) is 0.700. The normalized spacial score (nSPS) is 28.7. The number of ether oxygens (including phenoxy) is 19. The molecule has 32 nitrogen and oxygen atoms in total. The molecule has 82 heavy (non-hydrogen) atoms. The van der Waals surface area contributed by atoms with Crippen molar-refractivity contribution in [3.05, 3.63) is 12.7 Å². The van der Waals surface area contributed by atoms with E-state index >= 15 is 0 Å². The van der Waals surface area contributed by atoms with Gasteiger partial charge in [-0.3, -0.25) is 62.3 Å². The Labute approximate surface area is 468 Å². The van der Waals surface area contributed by atoms with Crippen molar-refractivity contribution in [2.24, 2.45) is 0 Å². The Morgan fingerprint density at radius 1 is 0.329 bits per heavy atom. The van der Waals surface area contributed by atoms with Crippen LogP contribution in [0.2, 0.25) is 0 Å². The maximum atomic E-state index is 13.2. The number of carbonyl (C=O) groups excluding carboxylic acids is 13. The SMILES string of the molecule is C=CCO[C@H]1O[C@H]([C@H](COC(C)=O)OC(C)=O)[C@@H](OC(C)=O)[C@H](O[C@H]2O[C@H]([C@H](CO[C@H]3O[C@H]([C@H](COC(C)=O)OC(C)=O)[C@@H](OC(C)=O)[C@H](OC(C)=O)[C@@H]3OC(C)=O)OC(C)=O)[C@@H](OC(C)=O)[C@H](OC(C)=O)[C@@H]2OC(C)=O)[C@@H]1OC(C)=O. The smallest absolute Gasteiger partial charge is 0.303 e. The second-order valence-corrected chi connectivity index (χ2v) is 18.1. The van der Waals surface area contributed by atoms with Gasteiger partial charge in [0, 0.05) is 90.0 Å². The van der Waals surface area contributed by atoms with Crippen LogP contribution in [0, 0.1) is 0 Å². The van der Waals surface area contributed by atoms with Crippen molar-refractivity contribution in [2.75, 3.05) is 26.4 Å². The zero-order chi connectivity index (χ0) is 61.9. The molecule has 0 bridgehead atoms. The average molecular weight is 1180 g/mol. The van der Waals surface area contributed by atoms with Gasteiger partial charge in [0.1, 0.15) is 37.6 Å². The van der Waals surface area contributed by atoms with E-state index in [1.807, 2.05) is 0 Å². The molecule has 0 radical (unpaired) electrons. The van der Waals surface area contributed by atoms with Gasteiger partial charge in [0.2, 0.25) is 0 Å². The summed E-state index contributed by atoms with van der Waals surface area (Å²) in [6.45, 7) is 12.7. The summed E-state index contributed by atoms with van der Waals surface area (Å²) >= 11 is 0. The van der Waals surface area contributed by atoms with Crippen molar-refractivity contribution in [2.45, 2.75) is 200 Å². The monoisotopic (exact) mass is 1180 g/mol. The third kappa shape index (κ3) is 21.5. The molecule has 0 amide bonds. The largest absolute Gasteiger partial charge is 0.462 e. The lowest BCUT2D eigenvalue weighted by atomic mass is 9.92. The van der Waals surface area contributed by atoms with Crippen LogP contribution in [0.4, 0.5) is 0 Å². The predicted octanol–water partition coefficient (Wildman–Crippen LogP) is -0.860. The molecule has 0 aromatic carbocycles. The fourth-order valence-electron chi connectivity index (χ4n) is 8.65. The molecule has 3 heterocycles. The quantitative estimate of drug-likeness (QED) is 0.0578. The number of hydrogen-bond donors (Lipinski definition) is 0. The Kier molecular flexibility index (Phi) is 27.1. The highest BCUT2D eigenvalue weighted by atomic mass is 16.8. The van der Waals surface area contributed by atoms with Gasteiger partial charge in [0.25, 0.3) is 0 Å². The molecular weight excluding hydrogens is 1110 g/mol. The first-order valence-corrected chi connectivity index (χ1v) is 25.0. The van der Waals surface area contributed by atoms with Gasteiger partial charge in [0.05, 0.1) is 13.2 Å². The molecule has 3 fully saturated rings. The van der Waals surface area contributed by atoms with Gasteiger partial charge in [-0.15, -0.1) is 6.58 Å². The first kappa shape index (κ1) is 68.9. The summed E-state index contributed by atoms with van der Waals surface area (Å²) in [6.07, 6.45) is -34.1. The van der Waals surface area contributed by atoms with Gasteiger partial charge in [-0.1, -0.05) is 6.08 Å². The summed E-state index contributed by atoms with van der Waals surface area (Å²) in [5.74, 6) is -13.7. The second-order valence-electron chi connectivity index (χ2n) is 18.1. The average Bonchev–Trinajstić information content (AvgIpc) is 3.55. The van der Waals surface area contributed by atoms with Crippen LogP contribution in [0.15, 0.2) is 12.7 Å². The molecule has 460 valence electrons. The molecule has 3 saturated heterocycles. The number of hydrogen-bond acceptors (Lipinski definition) is 32. The van der Waals surface area contributed by atoms with Gasteiger partial charge < -0.3 is 90.0 Å². The first-order chi connectivity index (χ1) is 38.3. The lowest BCUT2D eigenvalue weighted by Gasteiger charge is -2.50. The van der Waals surface area contributed by atoms with E-state index in [0.717, 1.165) is 90.0 Å². The van der Waals surface area contributed by atoms with Crippen LogP contribution in [-0.2, 0) is 152 Å². The zero-order valence-corrected chi connectivity index (χ0v) is 47.1. The molecule has 3 aliphatic heterocycles. The second kappa shape index (κ2) is 32.3. The van der Waals surface area contributed by atoms with Crippen molar-refractivity contribution in [3.63, 3.8) is 0 Å². The molecule has 3 aliphatic rings. The maximum Gasteiger partial charge on any atom is 0.303 e. The van der Waals surface area contributed by atoms with Crippen molar-refractivity contribution in [1.82, 2.24) is 0 Å². The van der Waals surface area contributed by atoms with Crippen molar-refractivity contribution >= 4 is 77.6 Å². The third-order valence-corrected chi connectivity index (χ3v) is 11.1. The van der Waals surface area contributed by atoms with Gasteiger partial charge in [0.15, 0.2) is 86.0 Å². The van der Waals surface area contributed by atoms with Gasteiger partial charge >= 0.3 is 77.6 Å². The molecule has 0 spiro atoms. The zero-order valence-electron chi connectivity index (χ0n) is 47.1. The van der Waals surface area contributed by atoms with E-state index in [4.69, 9.17) is 90.0 Å². The summed E-state index contributed by atoms with van der Waals surface area (Å²) < 4.78 is 109. The van der Waals surface area contributed by atoms with Crippen LogP contribution < -0.4 is 0 Å².